The van der Waals surface area contributed by atoms with Crippen molar-refractivity contribution in [1.82, 2.24) is 10.3 Å². The SMILES string of the molecule is NC(/C=C(\N=Cc1ccccc1)c1ccc(-c2ccc3c(c2)C2(C4=C(C=CNC4)Oc4ccncc42)c2ccccc2-3)cc1)c1ccc(-c2ccccc2)cc1. The van der Waals surface area contributed by atoms with Gasteiger partial charge in [0, 0.05) is 42.5 Å². The van der Waals surface area contributed by atoms with Gasteiger partial charge in [0.25, 0.3) is 0 Å². The number of ether oxygens (including phenoxy) is 1. The van der Waals surface area contributed by atoms with Gasteiger partial charge in [0.1, 0.15) is 11.5 Å². The number of fused-ring (bicyclic) bond motifs is 8. The Morgan fingerprint density at radius 1 is 0.696 bits per heavy atom. The quantitative estimate of drug-likeness (QED) is 0.161. The van der Waals surface area contributed by atoms with Crippen LogP contribution in [0.5, 0.6) is 5.75 Å². The Bertz CT molecular complexity index is 2710. The van der Waals surface area contributed by atoms with Gasteiger partial charge in [0.05, 0.1) is 17.2 Å². The first kappa shape index (κ1) is 33.5. The van der Waals surface area contributed by atoms with E-state index in [1.54, 1.807) is 0 Å². The predicted molar refractivity (Wildman–Crippen MR) is 227 cm³/mol. The summed E-state index contributed by atoms with van der Waals surface area (Å²) < 4.78 is 6.52. The van der Waals surface area contributed by atoms with Crippen LogP contribution >= 0.6 is 0 Å². The molecule has 3 heterocycles. The highest BCUT2D eigenvalue weighted by molar-refractivity contribution is 5.90. The summed E-state index contributed by atoms with van der Waals surface area (Å²) in [5, 5.41) is 3.48. The number of aromatic nitrogens is 1. The number of hydrogen-bond donors (Lipinski definition) is 2. The van der Waals surface area contributed by atoms with E-state index in [9.17, 15) is 0 Å². The average molecular weight is 723 g/mol. The second kappa shape index (κ2) is 14.0. The summed E-state index contributed by atoms with van der Waals surface area (Å²) >= 11 is 0. The molecular formula is C51H38N4O. The van der Waals surface area contributed by atoms with Crippen LogP contribution in [0.25, 0.3) is 39.1 Å². The zero-order chi connectivity index (χ0) is 37.5. The molecule has 0 saturated carbocycles. The third-order valence-corrected chi connectivity index (χ3v) is 11.2. The van der Waals surface area contributed by atoms with E-state index in [-0.39, 0.29) is 6.04 Å². The average Bonchev–Trinajstić information content (AvgIpc) is 3.56. The standard InChI is InChI=1S/C51H38N4O/c52-47(38-19-15-36(16-20-38)35-11-5-2-6-12-35)30-48(55-31-34-9-3-1-4-10-34)39-21-17-37(18-22-39)40-23-24-42-41-13-7-8-14-43(41)51(44(42)29-40)45-32-53-27-25-49(45)56-50-26-28-54-33-46(50)51/h1-32,47,54H,33,52H2/b48-30-,55-31?. The predicted octanol–water partition coefficient (Wildman–Crippen LogP) is 10.7. The van der Waals surface area contributed by atoms with Gasteiger partial charge in [0.2, 0.25) is 0 Å². The first-order valence-corrected chi connectivity index (χ1v) is 19.0. The van der Waals surface area contributed by atoms with Gasteiger partial charge in [-0.1, -0.05) is 146 Å². The Morgan fingerprint density at radius 2 is 1.38 bits per heavy atom. The lowest BCUT2D eigenvalue weighted by Gasteiger charge is -2.41. The molecule has 56 heavy (non-hydrogen) atoms. The molecule has 2 aliphatic heterocycles. The van der Waals surface area contributed by atoms with E-state index in [1.165, 1.54) is 33.4 Å². The summed E-state index contributed by atoms with van der Waals surface area (Å²) in [6.07, 6.45) is 11.8. The largest absolute Gasteiger partial charge is 0.457 e. The Balaban J connectivity index is 1.04. The van der Waals surface area contributed by atoms with Crippen LogP contribution in [-0.4, -0.2) is 17.7 Å². The Labute approximate surface area is 326 Å². The maximum absolute atomic E-state index is 6.87. The lowest BCUT2D eigenvalue weighted by Crippen LogP contribution is -2.39. The van der Waals surface area contributed by atoms with E-state index in [2.05, 4.69) is 144 Å². The molecule has 3 aliphatic rings. The number of rotatable bonds is 7. The second-order valence-electron chi connectivity index (χ2n) is 14.4. The van der Waals surface area contributed by atoms with Gasteiger partial charge in [-0.2, -0.15) is 0 Å². The lowest BCUT2D eigenvalue weighted by molar-refractivity contribution is 0.389. The molecular weight excluding hydrogens is 685 g/mol. The number of allylic oxidation sites excluding steroid dienone is 1. The molecule has 2 unspecified atom stereocenters. The second-order valence-corrected chi connectivity index (χ2v) is 14.4. The number of aliphatic imine (C=N–C) groups is 1. The van der Waals surface area contributed by atoms with Crippen LogP contribution in [0, 0.1) is 0 Å². The van der Waals surface area contributed by atoms with Crippen molar-refractivity contribution in [3.63, 3.8) is 0 Å². The molecule has 1 aromatic heterocycles. The number of pyridine rings is 1. The van der Waals surface area contributed by atoms with Crippen molar-refractivity contribution in [2.75, 3.05) is 6.54 Å². The molecule has 3 N–H and O–H groups in total. The van der Waals surface area contributed by atoms with Gasteiger partial charge >= 0.3 is 0 Å². The summed E-state index contributed by atoms with van der Waals surface area (Å²) in [5.74, 6) is 1.73. The molecule has 1 spiro atoms. The van der Waals surface area contributed by atoms with E-state index in [1.807, 2.05) is 61.2 Å². The van der Waals surface area contributed by atoms with Crippen molar-refractivity contribution in [3.8, 4) is 39.1 Å². The van der Waals surface area contributed by atoms with Crippen LogP contribution in [0.1, 0.15) is 39.4 Å². The van der Waals surface area contributed by atoms with Gasteiger partial charge in [-0.05, 0) is 85.5 Å². The molecule has 1 aliphatic carbocycles. The van der Waals surface area contributed by atoms with Crippen molar-refractivity contribution in [3.05, 3.63) is 233 Å². The molecule has 7 aromatic rings. The maximum Gasteiger partial charge on any atom is 0.135 e. The molecule has 0 bridgehead atoms. The van der Waals surface area contributed by atoms with Crippen LogP contribution in [-0.2, 0) is 5.41 Å². The highest BCUT2D eigenvalue weighted by atomic mass is 16.5. The van der Waals surface area contributed by atoms with Crippen molar-refractivity contribution < 1.29 is 4.74 Å². The molecule has 0 radical (unpaired) electrons. The van der Waals surface area contributed by atoms with Crippen LogP contribution in [0.2, 0.25) is 0 Å². The summed E-state index contributed by atoms with van der Waals surface area (Å²) in [6.45, 7) is 0.671. The van der Waals surface area contributed by atoms with Gasteiger partial charge in [-0.3, -0.25) is 9.98 Å². The van der Waals surface area contributed by atoms with Crippen molar-refractivity contribution in [2.24, 2.45) is 10.7 Å². The maximum atomic E-state index is 6.87. The third kappa shape index (κ3) is 5.69. The highest BCUT2D eigenvalue weighted by Crippen LogP contribution is 2.60. The number of benzene rings is 6. The number of nitrogens with zero attached hydrogens (tertiary/aromatic N) is 2. The minimum Gasteiger partial charge on any atom is -0.457 e. The number of nitrogens with one attached hydrogen (secondary N) is 1. The van der Waals surface area contributed by atoms with Crippen molar-refractivity contribution in [2.45, 2.75) is 11.5 Å². The molecule has 10 rings (SSSR count). The smallest absolute Gasteiger partial charge is 0.135 e. The number of hydrogen-bond acceptors (Lipinski definition) is 5. The van der Waals surface area contributed by atoms with E-state index in [4.69, 9.17) is 15.5 Å². The zero-order valence-electron chi connectivity index (χ0n) is 30.6. The minimum absolute atomic E-state index is 0.350. The molecule has 6 aromatic carbocycles. The third-order valence-electron chi connectivity index (χ3n) is 11.2. The summed E-state index contributed by atoms with van der Waals surface area (Å²) in [7, 11) is 0. The monoisotopic (exact) mass is 722 g/mol. The number of dihydropyridines is 1. The Hall–Kier alpha value is -7.08. The Morgan fingerprint density at radius 3 is 2.20 bits per heavy atom. The lowest BCUT2D eigenvalue weighted by atomic mass is 9.65. The normalized spacial score (nSPS) is 17.1. The van der Waals surface area contributed by atoms with E-state index >= 15 is 0 Å². The Kier molecular flexibility index (Phi) is 8.35. The molecule has 0 saturated heterocycles. The van der Waals surface area contributed by atoms with Crippen LogP contribution < -0.4 is 15.8 Å². The van der Waals surface area contributed by atoms with Gasteiger partial charge < -0.3 is 15.8 Å². The molecule has 268 valence electrons. The molecule has 0 fully saturated rings. The highest BCUT2D eigenvalue weighted by Gasteiger charge is 2.52. The zero-order valence-corrected chi connectivity index (χ0v) is 30.6. The van der Waals surface area contributed by atoms with E-state index in [0.29, 0.717) is 6.54 Å². The van der Waals surface area contributed by atoms with Gasteiger partial charge in [0.15, 0.2) is 0 Å². The molecule has 5 heteroatoms. The van der Waals surface area contributed by atoms with Crippen LogP contribution in [0.3, 0.4) is 0 Å². The fourth-order valence-electron chi connectivity index (χ4n) is 8.53. The minimum atomic E-state index is -0.547. The topological polar surface area (TPSA) is 72.5 Å². The summed E-state index contributed by atoms with van der Waals surface area (Å²) in [6, 6.07) is 55.0. The first-order chi connectivity index (χ1) is 27.7. The van der Waals surface area contributed by atoms with E-state index < -0.39 is 5.41 Å². The fraction of sp³-hybridized carbons (Fsp3) is 0.0588. The van der Waals surface area contributed by atoms with Crippen LogP contribution in [0.15, 0.2) is 205 Å². The molecule has 5 nitrogen and oxygen atoms in total. The van der Waals surface area contributed by atoms with Crippen molar-refractivity contribution >= 4 is 11.9 Å². The summed E-state index contributed by atoms with van der Waals surface area (Å²) in [5.41, 5.74) is 22.0. The van der Waals surface area contributed by atoms with Gasteiger partial charge in [-0.15, -0.1) is 0 Å². The fourth-order valence-corrected chi connectivity index (χ4v) is 8.53. The van der Waals surface area contributed by atoms with E-state index in [0.717, 1.165) is 56.1 Å². The molecule has 2 atom stereocenters. The summed E-state index contributed by atoms with van der Waals surface area (Å²) in [4.78, 5) is 9.64. The van der Waals surface area contributed by atoms with Crippen molar-refractivity contribution in [1.29, 1.82) is 0 Å². The number of nitrogens with two attached hydrogens (primary N) is 1. The van der Waals surface area contributed by atoms with Crippen LogP contribution in [0.4, 0.5) is 0 Å². The van der Waals surface area contributed by atoms with Gasteiger partial charge in [-0.25, -0.2) is 0 Å². The first-order valence-electron chi connectivity index (χ1n) is 19.0. The molecule has 0 amide bonds.